The van der Waals surface area contributed by atoms with Crippen LogP contribution in [0.3, 0.4) is 0 Å². The number of aryl methyl sites for hydroxylation is 1. The topological polar surface area (TPSA) is 58.4 Å². The molecule has 2 aliphatic heterocycles. The van der Waals surface area contributed by atoms with Crippen molar-refractivity contribution in [2.75, 3.05) is 19.6 Å². The highest BCUT2D eigenvalue weighted by Gasteiger charge is 2.45. The Morgan fingerprint density at radius 1 is 1.61 bits per heavy atom. The van der Waals surface area contributed by atoms with E-state index in [2.05, 4.69) is 17.2 Å². The monoisotopic (exact) mass is 249 g/mol. The van der Waals surface area contributed by atoms with Gasteiger partial charge in [0, 0.05) is 25.7 Å². The van der Waals surface area contributed by atoms with E-state index in [0.717, 1.165) is 26.1 Å². The second-order valence-electron chi connectivity index (χ2n) is 5.28. The Morgan fingerprint density at radius 3 is 3.11 bits per heavy atom. The standard InChI is InChI=1S/C13H19N3O2/c1-3-11-10-5-14-4-9(10)6-16(11)13(17)12-8(2)15-7-18-12/h7,9-11,14H,3-6H2,1-2H3. The van der Waals surface area contributed by atoms with Crippen LogP contribution in [0.4, 0.5) is 0 Å². The summed E-state index contributed by atoms with van der Waals surface area (Å²) in [6.45, 7) is 6.87. The minimum atomic E-state index is 0.00579. The Hall–Kier alpha value is -1.36. The van der Waals surface area contributed by atoms with Crippen molar-refractivity contribution < 1.29 is 9.21 Å². The van der Waals surface area contributed by atoms with E-state index >= 15 is 0 Å². The molecule has 5 nitrogen and oxygen atoms in total. The summed E-state index contributed by atoms with van der Waals surface area (Å²) in [6.07, 6.45) is 2.35. The summed E-state index contributed by atoms with van der Waals surface area (Å²) in [7, 11) is 0. The van der Waals surface area contributed by atoms with Crippen molar-refractivity contribution >= 4 is 5.91 Å². The van der Waals surface area contributed by atoms with Gasteiger partial charge in [0.1, 0.15) is 0 Å². The van der Waals surface area contributed by atoms with Crippen LogP contribution in [-0.2, 0) is 0 Å². The number of likely N-dealkylation sites (tertiary alicyclic amines) is 1. The van der Waals surface area contributed by atoms with Gasteiger partial charge < -0.3 is 14.6 Å². The number of carbonyl (C=O) groups is 1. The molecule has 0 spiro atoms. The highest BCUT2D eigenvalue weighted by Crippen LogP contribution is 2.35. The molecular weight excluding hydrogens is 230 g/mol. The summed E-state index contributed by atoms with van der Waals surface area (Å²) in [4.78, 5) is 18.5. The van der Waals surface area contributed by atoms with Crippen LogP contribution in [0.5, 0.6) is 0 Å². The number of rotatable bonds is 2. The van der Waals surface area contributed by atoms with Crippen molar-refractivity contribution in [2.24, 2.45) is 11.8 Å². The zero-order valence-electron chi connectivity index (χ0n) is 10.8. The number of hydrogen-bond acceptors (Lipinski definition) is 4. The maximum atomic E-state index is 12.5. The summed E-state index contributed by atoms with van der Waals surface area (Å²) in [5.74, 6) is 1.61. The minimum Gasteiger partial charge on any atom is -0.438 e. The third-order valence-electron chi connectivity index (χ3n) is 4.34. The normalized spacial score (nSPS) is 30.8. The van der Waals surface area contributed by atoms with Gasteiger partial charge in [-0.15, -0.1) is 0 Å². The molecule has 1 aromatic heterocycles. The van der Waals surface area contributed by atoms with Gasteiger partial charge >= 0.3 is 0 Å². The van der Waals surface area contributed by atoms with Gasteiger partial charge in [0.25, 0.3) is 5.91 Å². The lowest BCUT2D eigenvalue weighted by Gasteiger charge is -2.26. The van der Waals surface area contributed by atoms with E-state index in [1.165, 1.54) is 6.39 Å². The van der Waals surface area contributed by atoms with Crippen LogP contribution in [-0.4, -0.2) is 41.5 Å². The molecular formula is C13H19N3O2. The van der Waals surface area contributed by atoms with Crippen LogP contribution in [0.1, 0.15) is 29.6 Å². The summed E-state index contributed by atoms with van der Waals surface area (Å²) in [5, 5.41) is 3.42. The predicted molar refractivity (Wildman–Crippen MR) is 66.2 cm³/mol. The molecule has 3 unspecified atom stereocenters. The average Bonchev–Trinajstić information content (AvgIpc) is 3.01. The molecule has 5 heteroatoms. The van der Waals surface area contributed by atoms with E-state index in [9.17, 15) is 4.79 Å². The molecule has 98 valence electrons. The molecule has 3 atom stereocenters. The zero-order valence-corrected chi connectivity index (χ0v) is 10.8. The van der Waals surface area contributed by atoms with Crippen molar-refractivity contribution in [3.8, 4) is 0 Å². The van der Waals surface area contributed by atoms with Gasteiger partial charge in [0.15, 0.2) is 6.39 Å². The number of aromatic nitrogens is 1. The molecule has 3 rings (SSSR count). The lowest BCUT2D eigenvalue weighted by atomic mass is 9.93. The summed E-state index contributed by atoms with van der Waals surface area (Å²) in [6, 6.07) is 0.335. The molecule has 18 heavy (non-hydrogen) atoms. The van der Waals surface area contributed by atoms with Crippen LogP contribution < -0.4 is 5.32 Å². The first-order valence-electron chi connectivity index (χ1n) is 6.64. The first-order chi connectivity index (χ1) is 8.72. The number of carbonyl (C=O) groups excluding carboxylic acids is 1. The maximum absolute atomic E-state index is 12.5. The van der Waals surface area contributed by atoms with Crippen molar-refractivity contribution in [3.05, 3.63) is 17.8 Å². The molecule has 3 heterocycles. The first kappa shape index (κ1) is 11.7. The van der Waals surface area contributed by atoms with Crippen molar-refractivity contribution in [1.29, 1.82) is 0 Å². The molecule has 2 fully saturated rings. The van der Waals surface area contributed by atoms with E-state index in [-0.39, 0.29) is 5.91 Å². The van der Waals surface area contributed by atoms with Gasteiger partial charge in [-0.05, 0) is 25.2 Å². The first-order valence-corrected chi connectivity index (χ1v) is 6.64. The summed E-state index contributed by atoms with van der Waals surface area (Å²) in [5.41, 5.74) is 0.685. The van der Waals surface area contributed by atoms with E-state index in [1.54, 1.807) is 0 Å². The van der Waals surface area contributed by atoms with E-state index in [4.69, 9.17) is 4.42 Å². The molecule has 1 N–H and O–H groups in total. The second-order valence-corrected chi connectivity index (χ2v) is 5.28. The van der Waals surface area contributed by atoms with E-state index in [0.29, 0.717) is 29.3 Å². The lowest BCUT2D eigenvalue weighted by Crippen LogP contribution is -2.39. The molecule has 1 aromatic rings. The number of oxazole rings is 1. The molecule has 1 amide bonds. The van der Waals surface area contributed by atoms with Crippen LogP contribution in [0.25, 0.3) is 0 Å². The van der Waals surface area contributed by atoms with Gasteiger partial charge in [-0.1, -0.05) is 6.92 Å². The smallest absolute Gasteiger partial charge is 0.291 e. The number of nitrogens with one attached hydrogen (secondary N) is 1. The molecule has 2 saturated heterocycles. The van der Waals surface area contributed by atoms with Gasteiger partial charge in [0.2, 0.25) is 5.76 Å². The van der Waals surface area contributed by atoms with Crippen LogP contribution in [0.15, 0.2) is 10.8 Å². The highest BCUT2D eigenvalue weighted by molar-refractivity contribution is 5.92. The Labute approximate surface area is 107 Å². The SMILES string of the molecule is CCC1C2CNCC2CN1C(=O)c1ocnc1C. The maximum Gasteiger partial charge on any atom is 0.291 e. The second kappa shape index (κ2) is 4.39. The summed E-state index contributed by atoms with van der Waals surface area (Å²) >= 11 is 0. The van der Waals surface area contributed by atoms with Crippen LogP contribution in [0, 0.1) is 18.8 Å². The molecule has 0 aromatic carbocycles. The fourth-order valence-electron chi connectivity index (χ4n) is 3.42. The van der Waals surface area contributed by atoms with Crippen molar-refractivity contribution in [2.45, 2.75) is 26.3 Å². The van der Waals surface area contributed by atoms with Gasteiger partial charge in [-0.3, -0.25) is 4.79 Å². The number of fused-ring (bicyclic) bond motifs is 1. The molecule has 2 aliphatic rings. The molecule has 0 aliphatic carbocycles. The minimum absolute atomic E-state index is 0.00579. The van der Waals surface area contributed by atoms with Gasteiger partial charge in [-0.25, -0.2) is 4.98 Å². The van der Waals surface area contributed by atoms with Crippen molar-refractivity contribution in [1.82, 2.24) is 15.2 Å². The Morgan fingerprint density at radius 2 is 2.44 bits per heavy atom. The van der Waals surface area contributed by atoms with Crippen LogP contribution >= 0.6 is 0 Å². The number of amides is 1. The third-order valence-corrected chi connectivity index (χ3v) is 4.34. The molecule has 0 saturated carbocycles. The van der Waals surface area contributed by atoms with Crippen LogP contribution in [0.2, 0.25) is 0 Å². The fraction of sp³-hybridized carbons (Fsp3) is 0.692. The highest BCUT2D eigenvalue weighted by atomic mass is 16.3. The number of nitrogens with zero attached hydrogens (tertiary/aromatic N) is 2. The lowest BCUT2D eigenvalue weighted by molar-refractivity contribution is 0.0678. The Bertz CT molecular complexity index is 457. The average molecular weight is 249 g/mol. The Balaban J connectivity index is 1.84. The largest absolute Gasteiger partial charge is 0.438 e. The quantitative estimate of drug-likeness (QED) is 0.851. The fourth-order valence-corrected chi connectivity index (χ4v) is 3.42. The zero-order chi connectivity index (χ0) is 12.7. The predicted octanol–water partition coefficient (Wildman–Crippen LogP) is 1.05. The Kier molecular flexibility index (Phi) is 2.86. The number of hydrogen-bond donors (Lipinski definition) is 1. The van der Waals surface area contributed by atoms with E-state index in [1.807, 2.05) is 11.8 Å². The van der Waals surface area contributed by atoms with Crippen molar-refractivity contribution in [3.63, 3.8) is 0 Å². The molecule has 0 bridgehead atoms. The van der Waals surface area contributed by atoms with Gasteiger partial charge in [0.05, 0.1) is 5.69 Å². The van der Waals surface area contributed by atoms with Gasteiger partial charge in [-0.2, -0.15) is 0 Å². The third kappa shape index (κ3) is 1.65. The molecule has 0 radical (unpaired) electrons. The van der Waals surface area contributed by atoms with E-state index < -0.39 is 0 Å². The summed E-state index contributed by atoms with van der Waals surface area (Å²) < 4.78 is 5.24.